The molecule has 9 heteroatoms. The summed E-state index contributed by atoms with van der Waals surface area (Å²) in [6.45, 7) is 7.56. The first kappa shape index (κ1) is 26.2. The van der Waals surface area contributed by atoms with Crippen LogP contribution in [0.3, 0.4) is 0 Å². The number of anilines is 2. The van der Waals surface area contributed by atoms with Gasteiger partial charge in [0.05, 0.1) is 22.0 Å². The number of sulfonamides is 1. The fourth-order valence-corrected chi connectivity index (χ4v) is 5.02. The zero-order valence-electron chi connectivity index (χ0n) is 20.0. The number of carbonyl (C=O) groups is 2. The molecule has 2 amide bonds. The lowest BCUT2D eigenvalue weighted by molar-refractivity contribution is 0.0940. The maximum absolute atomic E-state index is 13.1. The van der Waals surface area contributed by atoms with Gasteiger partial charge in [-0.25, -0.2) is 8.42 Å². The van der Waals surface area contributed by atoms with Crippen LogP contribution >= 0.6 is 11.6 Å². The van der Waals surface area contributed by atoms with Crippen molar-refractivity contribution in [1.29, 1.82) is 0 Å². The van der Waals surface area contributed by atoms with Gasteiger partial charge in [0.15, 0.2) is 0 Å². The number of carbonyl (C=O) groups excluding carboxylic acids is 2. The summed E-state index contributed by atoms with van der Waals surface area (Å²) in [6, 6.07) is 15.9. The summed E-state index contributed by atoms with van der Waals surface area (Å²) in [7, 11) is -4.07. The molecule has 0 saturated carbocycles. The highest BCUT2D eigenvalue weighted by molar-refractivity contribution is 7.92. The fourth-order valence-electron chi connectivity index (χ4n) is 3.37. The topological polar surface area (TPSA) is 104 Å². The summed E-state index contributed by atoms with van der Waals surface area (Å²) in [5, 5.41) is 5.55. The van der Waals surface area contributed by atoms with Gasteiger partial charge in [-0.3, -0.25) is 14.3 Å². The molecule has 3 aromatic carbocycles. The highest BCUT2D eigenvalue weighted by Crippen LogP contribution is 2.27. The standard InChI is InChI=1S/C26H28ClN3O4S/c1-5-18(4)28-26(32)20-8-6-7-9-23(20)29-25(31)19-11-12-21(27)24(15-19)35(33,34)30-22-13-10-16(2)14-17(22)3/h6-15,18,30H,5H2,1-4H3,(H,28,32)(H,29,31)/t18-/m0/s1. The van der Waals surface area contributed by atoms with Crippen LogP contribution in [0.1, 0.15) is 52.1 Å². The first-order valence-corrected chi connectivity index (χ1v) is 13.0. The number of amides is 2. The van der Waals surface area contributed by atoms with Crippen molar-refractivity contribution in [1.82, 2.24) is 5.32 Å². The van der Waals surface area contributed by atoms with Crippen molar-refractivity contribution in [3.05, 3.63) is 87.9 Å². The second-order valence-electron chi connectivity index (χ2n) is 8.35. The van der Waals surface area contributed by atoms with E-state index in [9.17, 15) is 18.0 Å². The molecule has 3 rings (SSSR count). The Morgan fingerprint density at radius 1 is 0.943 bits per heavy atom. The number of hydrogen-bond acceptors (Lipinski definition) is 4. The van der Waals surface area contributed by atoms with E-state index < -0.39 is 15.9 Å². The van der Waals surface area contributed by atoms with Crippen LogP contribution in [0.2, 0.25) is 5.02 Å². The summed E-state index contributed by atoms with van der Waals surface area (Å²) >= 11 is 6.20. The molecule has 0 unspecified atom stereocenters. The molecule has 0 aromatic heterocycles. The lowest BCUT2D eigenvalue weighted by Gasteiger charge is -2.15. The Kier molecular flexibility index (Phi) is 8.19. The number of hydrogen-bond donors (Lipinski definition) is 3. The van der Waals surface area contributed by atoms with Crippen LogP contribution in [0.4, 0.5) is 11.4 Å². The molecule has 0 aliphatic rings. The van der Waals surface area contributed by atoms with Crippen molar-refractivity contribution in [3.8, 4) is 0 Å². The zero-order valence-corrected chi connectivity index (χ0v) is 21.5. The number of rotatable bonds is 8. The van der Waals surface area contributed by atoms with Crippen LogP contribution in [0.15, 0.2) is 65.6 Å². The van der Waals surface area contributed by atoms with Crippen LogP contribution in [0, 0.1) is 13.8 Å². The smallest absolute Gasteiger partial charge is 0.263 e. The predicted octanol–water partition coefficient (Wildman–Crippen LogP) is 5.54. The van der Waals surface area contributed by atoms with Crippen LogP contribution in [0.5, 0.6) is 0 Å². The van der Waals surface area contributed by atoms with Gasteiger partial charge < -0.3 is 10.6 Å². The van der Waals surface area contributed by atoms with Crippen LogP contribution in [0.25, 0.3) is 0 Å². The Bertz CT molecular complexity index is 1370. The normalized spacial score (nSPS) is 12.0. The summed E-state index contributed by atoms with van der Waals surface area (Å²) in [5.74, 6) is -0.888. The lowest BCUT2D eigenvalue weighted by atomic mass is 10.1. The minimum absolute atomic E-state index is 0.0212. The number of halogens is 1. The van der Waals surface area contributed by atoms with Crippen molar-refractivity contribution in [3.63, 3.8) is 0 Å². The summed E-state index contributed by atoms with van der Waals surface area (Å²) < 4.78 is 28.7. The molecule has 1 atom stereocenters. The van der Waals surface area contributed by atoms with Crippen molar-refractivity contribution in [2.75, 3.05) is 10.0 Å². The average Bonchev–Trinajstić information content (AvgIpc) is 2.81. The highest BCUT2D eigenvalue weighted by atomic mass is 35.5. The van der Waals surface area contributed by atoms with Crippen molar-refractivity contribution in [2.24, 2.45) is 0 Å². The molecular weight excluding hydrogens is 486 g/mol. The molecule has 0 aliphatic heterocycles. The van der Waals surface area contributed by atoms with E-state index in [4.69, 9.17) is 11.6 Å². The summed E-state index contributed by atoms with van der Waals surface area (Å²) in [5.41, 5.74) is 2.87. The van der Waals surface area contributed by atoms with Gasteiger partial charge in [0.2, 0.25) is 0 Å². The van der Waals surface area contributed by atoms with E-state index in [2.05, 4.69) is 15.4 Å². The van der Waals surface area contributed by atoms with E-state index in [1.54, 1.807) is 43.3 Å². The van der Waals surface area contributed by atoms with Gasteiger partial charge in [0, 0.05) is 11.6 Å². The lowest BCUT2D eigenvalue weighted by Crippen LogP contribution is -2.32. The predicted molar refractivity (Wildman–Crippen MR) is 140 cm³/mol. The summed E-state index contributed by atoms with van der Waals surface area (Å²) in [4.78, 5) is 25.4. The molecule has 0 heterocycles. The van der Waals surface area contributed by atoms with Crippen LogP contribution in [-0.2, 0) is 10.0 Å². The Morgan fingerprint density at radius 2 is 1.66 bits per heavy atom. The number of aryl methyl sites for hydroxylation is 2. The first-order chi connectivity index (χ1) is 16.5. The quantitative estimate of drug-likeness (QED) is 0.368. The fraction of sp³-hybridized carbons (Fsp3) is 0.231. The van der Waals surface area contributed by atoms with E-state index in [-0.39, 0.29) is 27.4 Å². The van der Waals surface area contributed by atoms with Crippen molar-refractivity contribution >= 4 is 44.8 Å². The molecule has 3 N–H and O–H groups in total. The molecule has 0 fully saturated rings. The van der Waals surface area contributed by atoms with Crippen molar-refractivity contribution < 1.29 is 18.0 Å². The van der Waals surface area contributed by atoms with Crippen molar-refractivity contribution in [2.45, 2.75) is 45.1 Å². The Balaban J connectivity index is 1.88. The van der Waals surface area contributed by atoms with Gasteiger partial charge >= 0.3 is 0 Å². The number of para-hydroxylation sites is 1. The zero-order chi connectivity index (χ0) is 25.8. The van der Waals surface area contributed by atoms with E-state index in [1.165, 1.54) is 18.2 Å². The number of benzene rings is 3. The second-order valence-corrected chi connectivity index (χ2v) is 10.4. The minimum atomic E-state index is -4.07. The molecular formula is C26H28ClN3O4S. The first-order valence-electron chi connectivity index (χ1n) is 11.1. The van der Waals surface area contributed by atoms with E-state index in [0.29, 0.717) is 16.9 Å². The monoisotopic (exact) mass is 513 g/mol. The van der Waals surface area contributed by atoms with Gasteiger partial charge in [-0.15, -0.1) is 0 Å². The maximum atomic E-state index is 13.1. The number of nitrogens with one attached hydrogen (secondary N) is 3. The molecule has 0 saturated heterocycles. The van der Waals surface area contributed by atoms with Gasteiger partial charge in [0.1, 0.15) is 4.90 Å². The Labute approximate surface area is 211 Å². The van der Waals surface area contributed by atoms with Gasteiger partial charge in [-0.1, -0.05) is 48.4 Å². The average molecular weight is 514 g/mol. The van der Waals surface area contributed by atoms with Crippen LogP contribution < -0.4 is 15.4 Å². The molecule has 3 aromatic rings. The third kappa shape index (κ3) is 6.41. The van der Waals surface area contributed by atoms with E-state index in [0.717, 1.165) is 17.5 Å². The van der Waals surface area contributed by atoms with Gasteiger partial charge in [-0.05, 0) is 69.2 Å². The Morgan fingerprint density at radius 3 is 2.34 bits per heavy atom. The largest absolute Gasteiger partial charge is 0.350 e. The van der Waals surface area contributed by atoms with Gasteiger partial charge in [0.25, 0.3) is 21.8 Å². The van der Waals surface area contributed by atoms with Crippen LogP contribution in [-0.4, -0.2) is 26.3 Å². The molecule has 184 valence electrons. The second kappa shape index (κ2) is 10.9. The third-order valence-corrected chi connectivity index (χ3v) is 7.37. The molecule has 0 radical (unpaired) electrons. The third-order valence-electron chi connectivity index (χ3n) is 5.52. The summed E-state index contributed by atoms with van der Waals surface area (Å²) in [6.07, 6.45) is 0.762. The highest BCUT2D eigenvalue weighted by Gasteiger charge is 2.22. The Hall–Kier alpha value is -3.36. The molecule has 0 aliphatic carbocycles. The van der Waals surface area contributed by atoms with E-state index >= 15 is 0 Å². The molecule has 0 spiro atoms. The molecule has 7 nitrogen and oxygen atoms in total. The minimum Gasteiger partial charge on any atom is -0.350 e. The van der Waals surface area contributed by atoms with E-state index in [1.807, 2.05) is 26.8 Å². The van der Waals surface area contributed by atoms with Gasteiger partial charge in [-0.2, -0.15) is 0 Å². The molecule has 0 bridgehead atoms. The molecule has 35 heavy (non-hydrogen) atoms. The SMILES string of the molecule is CC[C@H](C)NC(=O)c1ccccc1NC(=O)c1ccc(Cl)c(S(=O)(=O)Nc2ccc(C)cc2C)c1. The maximum Gasteiger partial charge on any atom is 0.263 e.